The van der Waals surface area contributed by atoms with Gasteiger partial charge in [-0.3, -0.25) is 9.59 Å². The Bertz CT molecular complexity index is 1140. The summed E-state index contributed by atoms with van der Waals surface area (Å²) in [5.41, 5.74) is 1.89. The summed E-state index contributed by atoms with van der Waals surface area (Å²) in [4.78, 5) is 44.4. The van der Waals surface area contributed by atoms with E-state index in [2.05, 4.69) is 15.5 Å². The second-order valence-electron chi connectivity index (χ2n) is 7.66. The van der Waals surface area contributed by atoms with Crippen LogP contribution >= 0.6 is 11.3 Å². The minimum absolute atomic E-state index is 0.103. The Balaban J connectivity index is 1.37. The number of carbonyl (C=O) groups excluding carboxylic acids is 3. The summed E-state index contributed by atoms with van der Waals surface area (Å²) in [5.74, 6) is -1.05. The van der Waals surface area contributed by atoms with Crippen molar-refractivity contribution in [2.45, 2.75) is 39.2 Å². The van der Waals surface area contributed by atoms with Crippen molar-refractivity contribution < 1.29 is 23.6 Å². The van der Waals surface area contributed by atoms with Gasteiger partial charge in [-0.2, -0.15) is 0 Å². The highest BCUT2D eigenvalue weighted by Gasteiger charge is 2.29. The lowest BCUT2D eigenvalue weighted by Crippen LogP contribution is -2.42. The number of amides is 2. The average molecular weight is 457 g/mol. The summed E-state index contributed by atoms with van der Waals surface area (Å²) in [7, 11) is 0. The molecular weight excluding hydrogens is 432 g/mol. The van der Waals surface area contributed by atoms with Crippen LogP contribution in [0.15, 0.2) is 28.1 Å². The normalized spacial score (nSPS) is 13.2. The summed E-state index contributed by atoms with van der Waals surface area (Å²) in [6.07, 6.45) is 2.03. The van der Waals surface area contributed by atoms with Gasteiger partial charge in [-0.05, 0) is 44.2 Å². The Hall–Kier alpha value is -3.27. The zero-order chi connectivity index (χ0) is 22.7. The highest BCUT2D eigenvalue weighted by Crippen LogP contribution is 2.40. The van der Waals surface area contributed by atoms with E-state index < -0.39 is 18.5 Å². The summed E-state index contributed by atoms with van der Waals surface area (Å²) in [5, 5.41) is 9.11. The lowest BCUT2D eigenvalue weighted by molar-refractivity contribution is -0.138. The molecule has 0 aliphatic heterocycles. The van der Waals surface area contributed by atoms with E-state index in [1.54, 1.807) is 31.3 Å². The molecule has 3 heterocycles. The number of hydrogen-bond donors (Lipinski definition) is 1. The smallest absolute Gasteiger partial charge is 0.339 e. The molecule has 3 aromatic heterocycles. The van der Waals surface area contributed by atoms with Crippen LogP contribution in [0.4, 0.5) is 0 Å². The summed E-state index contributed by atoms with van der Waals surface area (Å²) < 4.78 is 10.5. The number of esters is 1. The maximum absolute atomic E-state index is 12.8. The first-order valence-electron chi connectivity index (χ1n) is 10.5. The second kappa shape index (κ2) is 9.47. The quantitative estimate of drug-likeness (QED) is 0.492. The first-order valence-corrected chi connectivity index (χ1v) is 11.3. The van der Waals surface area contributed by atoms with Crippen molar-refractivity contribution in [2.75, 3.05) is 19.7 Å². The predicted molar refractivity (Wildman–Crippen MR) is 117 cm³/mol. The number of likely N-dealkylation sites (N-methyl/N-ethyl adjacent to an activating group) is 1. The van der Waals surface area contributed by atoms with Crippen LogP contribution in [0.5, 0.6) is 0 Å². The SMILES string of the molecule is CCN(CC(=O)NCc1cccs1)C(=O)COC(=O)c1cc(C2CC2)nc2onc(C)c12. The largest absolute Gasteiger partial charge is 0.452 e. The minimum atomic E-state index is -0.642. The van der Waals surface area contributed by atoms with Gasteiger partial charge in [-0.1, -0.05) is 11.2 Å². The van der Waals surface area contributed by atoms with Gasteiger partial charge in [-0.15, -0.1) is 11.3 Å². The summed E-state index contributed by atoms with van der Waals surface area (Å²) in [6, 6.07) is 5.54. The Morgan fingerprint density at radius 2 is 2.16 bits per heavy atom. The highest BCUT2D eigenvalue weighted by molar-refractivity contribution is 7.09. The van der Waals surface area contributed by atoms with Crippen LogP contribution in [0.25, 0.3) is 11.1 Å². The molecule has 0 unspecified atom stereocenters. The number of nitrogens with zero attached hydrogens (tertiary/aromatic N) is 3. The number of ether oxygens (including phenoxy) is 1. The molecule has 10 heteroatoms. The van der Waals surface area contributed by atoms with E-state index in [9.17, 15) is 14.4 Å². The van der Waals surface area contributed by atoms with E-state index in [0.29, 0.717) is 41.4 Å². The maximum Gasteiger partial charge on any atom is 0.339 e. The van der Waals surface area contributed by atoms with E-state index in [0.717, 1.165) is 23.4 Å². The van der Waals surface area contributed by atoms with Crippen molar-refractivity contribution in [1.29, 1.82) is 0 Å². The number of carbonyl (C=O) groups is 3. The number of fused-ring (bicyclic) bond motifs is 1. The lowest BCUT2D eigenvalue weighted by Gasteiger charge is -2.20. The van der Waals surface area contributed by atoms with Crippen molar-refractivity contribution in [3.63, 3.8) is 0 Å². The predicted octanol–water partition coefficient (Wildman–Crippen LogP) is 2.79. The number of nitrogens with one attached hydrogen (secondary N) is 1. The van der Waals surface area contributed by atoms with Gasteiger partial charge in [0.15, 0.2) is 6.61 Å². The van der Waals surface area contributed by atoms with Crippen LogP contribution in [-0.2, 0) is 20.9 Å². The van der Waals surface area contributed by atoms with Gasteiger partial charge in [-0.25, -0.2) is 9.78 Å². The molecule has 1 N–H and O–H groups in total. The molecule has 0 spiro atoms. The first-order chi connectivity index (χ1) is 15.5. The molecule has 1 aliphatic rings. The third-order valence-corrected chi connectivity index (χ3v) is 6.16. The molecule has 0 atom stereocenters. The number of aromatic nitrogens is 2. The number of pyridine rings is 1. The van der Waals surface area contributed by atoms with Gasteiger partial charge in [0.2, 0.25) is 5.91 Å². The van der Waals surface area contributed by atoms with Crippen LogP contribution in [-0.4, -0.2) is 52.5 Å². The fraction of sp³-hybridized carbons (Fsp3) is 0.409. The number of aryl methyl sites for hydroxylation is 1. The highest BCUT2D eigenvalue weighted by atomic mass is 32.1. The van der Waals surface area contributed by atoms with Gasteiger partial charge in [0.05, 0.1) is 29.7 Å². The second-order valence-corrected chi connectivity index (χ2v) is 8.69. The monoisotopic (exact) mass is 456 g/mol. The van der Waals surface area contributed by atoms with Crippen molar-refractivity contribution in [3.05, 3.63) is 45.4 Å². The molecule has 0 radical (unpaired) electrons. The van der Waals surface area contributed by atoms with Crippen LogP contribution < -0.4 is 5.32 Å². The molecular formula is C22H24N4O5S. The molecule has 0 saturated heterocycles. The number of rotatable bonds is 9. The zero-order valence-corrected chi connectivity index (χ0v) is 18.7. The van der Waals surface area contributed by atoms with Gasteiger partial charge < -0.3 is 19.5 Å². The van der Waals surface area contributed by atoms with Gasteiger partial charge in [0.25, 0.3) is 11.6 Å². The van der Waals surface area contributed by atoms with Crippen molar-refractivity contribution in [3.8, 4) is 0 Å². The fourth-order valence-electron chi connectivity index (χ4n) is 3.36. The molecule has 32 heavy (non-hydrogen) atoms. The standard InChI is InChI=1S/C22H24N4O5S/c1-3-26(11-18(27)23-10-15-5-4-8-32-15)19(28)12-30-22(29)16-9-17(14-6-7-14)24-21-20(16)13(2)25-31-21/h4-5,8-9,14H,3,6-7,10-12H2,1-2H3,(H,23,27). The first kappa shape index (κ1) is 21.9. The fourth-order valence-corrected chi connectivity index (χ4v) is 4.01. The molecule has 3 aromatic rings. The van der Waals surface area contributed by atoms with Crippen molar-refractivity contribution in [2.24, 2.45) is 0 Å². The molecule has 0 bridgehead atoms. The third kappa shape index (κ3) is 4.96. The molecule has 2 amide bonds. The van der Waals surface area contributed by atoms with Gasteiger partial charge in [0.1, 0.15) is 0 Å². The minimum Gasteiger partial charge on any atom is -0.452 e. The molecule has 168 valence electrons. The Labute approximate surface area is 188 Å². The zero-order valence-electron chi connectivity index (χ0n) is 17.9. The van der Waals surface area contributed by atoms with Crippen LogP contribution in [0.3, 0.4) is 0 Å². The Kier molecular flexibility index (Phi) is 6.50. The van der Waals surface area contributed by atoms with Crippen molar-refractivity contribution in [1.82, 2.24) is 20.4 Å². The van der Waals surface area contributed by atoms with E-state index in [-0.39, 0.29) is 12.5 Å². The van der Waals surface area contributed by atoms with Gasteiger partial charge >= 0.3 is 5.97 Å². The average Bonchev–Trinajstić information content (AvgIpc) is 3.39. The van der Waals surface area contributed by atoms with Crippen LogP contribution in [0.1, 0.15) is 52.3 Å². The lowest BCUT2D eigenvalue weighted by atomic mass is 10.1. The molecule has 1 aliphatic carbocycles. The van der Waals surface area contributed by atoms with E-state index in [1.165, 1.54) is 4.90 Å². The van der Waals surface area contributed by atoms with Crippen LogP contribution in [0.2, 0.25) is 0 Å². The van der Waals surface area contributed by atoms with Crippen LogP contribution in [0, 0.1) is 6.92 Å². The van der Waals surface area contributed by atoms with E-state index >= 15 is 0 Å². The molecule has 1 saturated carbocycles. The molecule has 4 rings (SSSR count). The number of thiophene rings is 1. The third-order valence-electron chi connectivity index (χ3n) is 5.29. The summed E-state index contributed by atoms with van der Waals surface area (Å²) in [6.45, 7) is 3.66. The maximum atomic E-state index is 12.8. The van der Waals surface area contributed by atoms with Gasteiger partial charge in [0, 0.05) is 23.0 Å². The number of hydrogen-bond acceptors (Lipinski definition) is 8. The van der Waals surface area contributed by atoms with E-state index in [4.69, 9.17) is 9.26 Å². The summed E-state index contributed by atoms with van der Waals surface area (Å²) >= 11 is 1.55. The molecule has 0 aromatic carbocycles. The molecule has 1 fully saturated rings. The van der Waals surface area contributed by atoms with E-state index in [1.807, 2.05) is 17.5 Å². The Morgan fingerprint density at radius 3 is 2.84 bits per heavy atom. The Morgan fingerprint density at radius 1 is 1.34 bits per heavy atom. The van der Waals surface area contributed by atoms with Crippen molar-refractivity contribution >= 4 is 40.2 Å². The molecule has 9 nitrogen and oxygen atoms in total. The topological polar surface area (TPSA) is 115 Å².